The molecule has 14 heavy (non-hydrogen) atoms. The summed E-state index contributed by atoms with van der Waals surface area (Å²) in [6.07, 6.45) is 2.14. The molecule has 1 aliphatic heterocycles. The van der Waals surface area contributed by atoms with Gasteiger partial charge in [0.05, 0.1) is 6.04 Å². The summed E-state index contributed by atoms with van der Waals surface area (Å²) in [5.74, 6) is 0.499. The molecule has 2 aliphatic rings. The SMILES string of the molecule is CC1=NC2CCC(Cl)CC2S(=O)(=O)N1. The van der Waals surface area contributed by atoms with Crippen LogP contribution in [0.3, 0.4) is 0 Å². The molecule has 3 unspecified atom stereocenters. The number of alkyl halides is 1. The van der Waals surface area contributed by atoms with Gasteiger partial charge in [-0.25, -0.2) is 8.42 Å². The number of halogens is 1. The van der Waals surface area contributed by atoms with E-state index in [0.29, 0.717) is 12.3 Å². The van der Waals surface area contributed by atoms with Gasteiger partial charge in [0.2, 0.25) is 10.0 Å². The van der Waals surface area contributed by atoms with Crippen molar-refractivity contribution < 1.29 is 8.42 Å². The van der Waals surface area contributed by atoms with Crippen molar-refractivity contribution in [2.24, 2.45) is 4.99 Å². The van der Waals surface area contributed by atoms with Gasteiger partial charge in [-0.1, -0.05) is 0 Å². The van der Waals surface area contributed by atoms with Gasteiger partial charge in [0.25, 0.3) is 0 Å². The van der Waals surface area contributed by atoms with Crippen LogP contribution in [0.1, 0.15) is 26.2 Å². The molecule has 80 valence electrons. The van der Waals surface area contributed by atoms with Crippen molar-refractivity contribution in [3.05, 3.63) is 0 Å². The number of nitrogens with zero attached hydrogens (tertiary/aromatic N) is 1. The van der Waals surface area contributed by atoms with Crippen LogP contribution in [-0.2, 0) is 10.0 Å². The molecule has 1 fully saturated rings. The highest BCUT2D eigenvalue weighted by Crippen LogP contribution is 2.31. The fourth-order valence-corrected chi connectivity index (χ4v) is 4.24. The summed E-state index contributed by atoms with van der Waals surface area (Å²) in [6.45, 7) is 1.68. The minimum Gasteiger partial charge on any atom is -0.271 e. The van der Waals surface area contributed by atoms with Gasteiger partial charge in [0.1, 0.15) is 11.1 Å². The van der Waals surface area contributed by atoms with Crippen LogP contribution in [-0.4, -0.2) is 30.9 Å². The van der Waals surface area contributed by atoms with E-state index < -0.39 is 15.3 Å². The molecule has 1 N–H and O–H groups in total. The van der Waals surface area contributed by atoms with Crippen molar-refractivity contribution in [2.75, 3.05) is 0 Å². The van der Waals surface area contributed by atoms with E-state index in [1.807, 2.05) is 0 Å². The minimum absolute atomic E-state index is 0.0265. The third kappa shape index (κ3) is 1.75. The highest BCUT2D eigenvalue weighted by Gasteiger charge is 2.41. The molecular formula is C8H13ClN2O2S. The molecule has 0 radical (unpaired) electrons. The van der Waals surface area contributed by atoms with Crippen molar-refractivity contribution in [2.45, 2.75) is 42.9 Å². The van der Waals surface area contributed by atoms with E-state index >= 15 is 0 Å². The zero-order valence-electron chi connectivity index (χ0n) is 7.90. The number of nitrogens with one attached hydrogen (secondary N) is 1. The Morgan fingerprint density at radius 1 is 1.50 bits per heavy atom. The van der Waals surface area contributed by atoms with Gasteiger partial charge >= 0.3 is 0 Å². The highest BCUT2D eigenvalue weighted by atomic mass is 35.5. The normalized spacial score (nSPS) is 40.7. The highest BCUT2D eigenvalue weighted by molar-refractivity contribution is 7.90. The second kappa shape index (κ2) is 3.38. The predicted octanol–water partition coefficient (Wildman–Crippen LogP) is 0.866. The average molecular weight is 237 g/mol. The summed E-state index contributed by atoms with van der Waals surface area (Å²) in [7, 11) is -3.23. The van der Waals surface area contributed by atoms with Gasteiger partial charge in [-0.3, -0.25) is 9.71 Å². The number of aliphatic imine (C=N–C) groups is 1. The maximum absolute atomic E-state index is 11.7. The van der Waals surface area contributed by atoms with Crippen LogP contribution in [0.25, 0.3) is 0 Å². The number of rotatable bonds is 0. The summed E-state index contributed by atoms with van der Waals surface area (Å²) >= 11 is 5.96. The first-order chi connectivity index (χ1) is 6.49. The lowest BCUT2D eigenvalue weighted by atomic mass is 9.95. The van der Waals surface area contributed by atoms with Crippen LogP contribution in [0.2, 0.25) is 0 Å². The number of fused-ring (bicyclic) bond motifs is 1. The van der Waals surface area contributed by atoms with E-state index in [1.165, 1.54) is 0 Å². The van der Waals surface area contributed by atoms with Crippen molar-refractivity contribution in [1.29, 1.82) is 0 Å². The van der Waals surface area contributed by atoms with E-state index in [9.17, 15) is 8.42 Å². The third-order valence-corrected chi connectivity index (χ3v) is 5.02. The Bertz CT molecular complexity index is 366. The monoisotopic (exact) mass is 236 g/mol. The van der Waals surface area contributed by atoms with Crippen molar-refractivity contribution in [3.8, 4) is 0 Å². The minimum atomic E-state index is -3.23. The molecule has 3 atom stereocenters. The molecule has 1 saturated carbocycles. The van der Waals surface area contributed by atoms with Crippen LogP contribution in [0, 0.1) is 0 Å². The quantitative estimate of drug-likeness (QED) is 0.635. The lowest BCUT2D eigenvalue weighted by molar-refractivity contribution is 0.430. The molecule has 0 aromatic carbocycles. The molecule has 6 heteroatoms. The number of hydrogen-bond acceptors (Lipinski definition) is 3. The first-order valence-electron chi connectivity index (χ1n) is 4.69. The lowest BCUT2D eigenvalue weighted by Crippen LogP contribution is -2.50. The summed E-state index contributed by atoms with van der Waals surface area (Å²) in [5, 5.41) is -0.455. The van der Waals surface area contributed by atoms with Gasteiger partial charge in [0, 0.05) is 5.38 Å². The maximum atomic E-state index is 11.7. The number of amidine groups is 1. The Kier molecular flexibility index (Phi) is 2.47. The maximum Gasteiger partial charge on any atom is 0.238 e. The molecule has 1 heterocycles. The van der Waals surface area contributed by atoms with Gasteiger partial charge in [-0.05, 0) is 26.2 Å². The van der Waals surface area contributed by atoms with Crippen LogP contribution in [0.5, 0.6) is 0 Å². The predicted molar refractivity (Wildman–Crippen MR) is 56.2 cm³/mol. The molecule has 0 bridgehead atoms. The first kappa shape index (κ1) is 10.2. The lowest BCUT2D eigenvalue weighted by Gasteiger charge is -2.34. The van der Waals surface area contributed by atoms with Gasteiger partial charge < -0.3 is 0 Å². The van der Waals surface area contributed by atoms with Crippen molar-refractivity contribution in [1.82, 2.24) is 4.72 Å². The third-order valence-electron chi connectivity index (χ3n) is 2.74. The topological polar surface area (TPSA) is 58.5 Å². The fourth-order valence-electron chi connectivity index (χ4n) is 2.10. The Balaban J connectivity index is 2.32. The summed E-state index contributed by atoms with van der Waals surface area (Å²) in [6, 6.07) is -0.0868. The zero-order valence-corrected chi connectivity index (χ0v) is 9.48. The molecule has 0 amide bonds. The standard InChI is InChI=1S/C8H13ClN2O2S/c1-5-10-7-3-2-6(9)4-8(7)14(12,13)11-5/h6-8H,2-4H2,1H3,(H,10,11). The Morgan fingerprint density at radius 3 is 2.93 bits per heavy atom. The van der Waals surface area contributed by atoms with E-state index in [1.54, 1.807) is 6.92 Å². The molecule has 0 aromatic rings. The van der Waals surface area contributed by atoms with E-state index in [2.05, 4.69) is 9.71 Å². The van der Waals surface area contributed by atoms with Gasteiger partial charge in [0.15, 0.2) is 0 Å². The molecule has 1 aliphatic carbocycles. The average Bonchev–Trinajstić information content (AvgIpc) is 2.05. The van der Waals surface area contributed by atoms with Crippen molar-refractivity contribution in [3.63, 3.8) is 0 Å². The molecule has 4 nitrogen and oxygen atoms in total. The van der Waals surface area contributed by atoms with E-state index in [0.717, 1.165) is 12.8 Å². The molecule has 0 spiro atoms. The second-order valence-electron chi connectivity index (χ2n) is 3.88. The summed E-state index contributed by atoms with van der Waals surface area (Å²) < 4.78 is 25.9. The zero-order chi connectivity index (χ0) is 10.3. The Labute approximate surface area is 88.8 Å². The van der Waals surface area contributed by atoms with Gasteiger partial charge in [-0.2, -0.15) is 0 Å². The van der Waals surface area contributed by atoms with Crippen LogP contribution in [0.15, 0.2) is 4.99 Å². The molecular weight excluding hydrogens is 224 g/mol. The van der Waals surface area contributed by atoms with Gasteiger partial charge in [-0.15, -0.1) is 11.6 Å². The smallest absolute Gasteiger partial charge is 0.238 e. The largest absolute Gasteiger partial charge is 0.271 e. The Hall–Kier alpha value is -0.290. The van der Waals surface area contributed by atoms with Crippen molar-refractivity contribution >= 4 is 27.5 Å². The number of sulfonamides is 1. The summed E-state index contributed by atoms with van der Waals surface area (Å²) in [5.41, 5.74) is 0. The van der Waals surface area contributed by atoms with Crippen LogP contribution < -0.4 is 4.72 Å². The Morgan fingerprint density at radius 2 is 2.21 bits per heavy atom. The summed E-state index contributed by atoms with van der Waals surface area (Å²) in [4.78, 5) is 4.30. The number of hydrogen-bond donors (Lipinski definition) is 1. The second-order valence-corrected chi connectivity index (χ2v) is 6.39. The molecule has 2 rings (SSSR count). The van der Waals surface area contributed by atoms with E-state index in [4.69, 9.17) is 11.6 Å². The molecule has 0 aromatic heterocycles. The first-order valence-corrected chi connectivity index (χ1v) is 6.67. The van der Waals surface area contributed by atoms with Crippen LogP contribution >= 0.6 is 11.6 Å². The van der Waals surface area contributed by atoms with Crippen LogP contribution in [0.4, 0.5) is 0 Å². The molecule has 0 saturated heterocycles. The fraction of sp³-hybridized carbons (Fsp3) is 0.875. The van der Waals surface area contributed by atoms with E-state index in [-0.39, 0.29) is 11.4 Å².